The van der Waals surface area contributed by atoms with Gasteiger partial charge in [0.1, 0.15) is 10.8 Å². The van der Waals surface area contributed by atoms with Crippen molar-refractivity contribution >= 4 is 23.2 Å². The summed E-state index contributed by atoms with van der Waals surface area (Å²) in [6, 6.07) is 7.63. The number of aryl methyl sites for hydroxylation is 1. The van der Waals surface area contributed by atoms with Gasteiger partial charge in [-0.25, -0.2) is 4.98 Å². The molecule has 7 nitrogen and oxygen atoms in total. The van der Waals surface area contributed by atoms with Crippen molar-refractivity contribution in [2.45, 2.75) is 26.9 Å². The number of thiazole rings is 1. The Morgan fingerprint density at radius 3 is 2.77 bits per heavy atom. The van der Waals surface area contributed by atoms with Crippen LogP contribution >= 0.6 is 11.3 Å². The molecular formula is C18H25N5O2S. The number of carbonyl (C=O) groups is 1. The van der Waals surface area contributed by atoms with Crippen molar-refractivity contribution in [1.29, 1.82) is 0 Å². The van der Waals surface area contributed by atoms with Gasteiger partial charge in [0.2, 0.25) is 0 Å². The topological polar surface area (TPSA) is 87.6 Å². The van der Waals surface area contributed by atoms with Gasteiger partial charge in [-0.1, -0.05) is 12.1 Å². The first-order valence-corrected chi connectivity index (χ1v) is 9.26. The third-order valence-corrected chi connectivity index (χ3v) is 4.31. The normalized spacial score (nSPS) is 11.1. The van der Waals surface area contributed by atoms with Gasteiger partial charge in [0.15, 0.2) is 12.6 Å². The van der Waals surface area contributed by atoms with Gasteiger partial charge in [0.25, 0.3) is 5.91 Å². The van der Waals surface area contributed by atoms with E-state index in [9.17, 15) is 4.79 Å². The van der Waals surface area contributed by atoms with Crippen molar-refractivity contribution in [2.75, 3.05) is 20.2 Å². The smallest absolute Gasteiger partial charge is 0.257 e. The number of hydrogen-bond donors (Lipinski definition) is 3. The Bertz CT molecular complexity index is 745. The summed E-state index contributed by atoms with van der Waals surface area (Å²) in [5.74, 6) is 1.24. The lowest BCUT2D eigenvalue weighted by molar-refractivity contribution is -0.122. The Morgan fingerprint density at radius 1 is 1.27 bits per heavy atom. The molecule has 0 atom stereocenters. The Morgan fingerprint density at radius 2 is 2.08 bits per heavy atom. The Hall–Kier alpha value is -2.61. The second-order valence-corrected chi connectivity index (χ2v) is 6.85. The van der Waals surface area contributed by atoms with E-state index in [1.54, 1.807) is 18.4 Å². The SMILES string of the molecule is CCNC(=O)COc1cccc(CNC(=NC)NCc2ncc(C)s2)c1. The summed E-state index contributed by atoms with van der Waals surface area (Å²) in [6.45, 7) is 5.75. The van der Waals surface area contributed by atoms with Crippen LogP contribution in [-0.2, 0) is 17.9 Å². The summed E-state index contributed by atoms with van der Waals surface area (Å²) in [6.07, 6.45) is 1.87. The molecule has 0 saturated carbocycles. The van der Waals surface area contributed by atoms with Crippen molar-refractivity contribution in [3.8, 4) is 5.75 Å². The molecule has 0 aliphatic heterocycles. The molecule has 1 amide bonds. The van der Waals surface area contributed by atoms with Gasteiger partial charge < -0.3 is 20.7 Å². The molecule has 0 fully saturated rings. The third-order valence-electron chi connectivity index (χ3n) is 3.40. The number of carbonyl (C=O) groups excluding carboxylic acids is 1. The number of nitrogens with one attached hydrogen (secondary N) is 3. The van der Waals surface area contributed by atoms with E-state index in [-0.39, 0.29) is 12.5 Å². The molecule has 0 unspecified atom stereocenters. The van der Waals surface area contributed by atoms with Gasteiger partial charge in [-0.3, -0.25) is 9.79 Å². The van der Waals surface area contributed by atoms with E-state index in [0.29, 0.717) is 31.3 Å². The lowest BCUT2D eigenvalue weighted by Crippen LogP contribution is -2.36. The van der Waals surface area contributed by atoms with Crippen LogP contribution in [0.4, 0.5) is 0 Å². The third kappa shape index (κ3) is 6.72. The number of rotatable bonds is 8. The monoisotopic (exact) mass is 375 g/mol. The fraction of sp³-hybridized carbons (Fsp3) is 0.389. The summed E-state index contributed by atoms with van der Waals surface area (Å²) < 4.78 is 5.51. The molecule has 2 rings (SSSR count). The quantitative estimate of drug-likeness (QED) is 0.484. The first-order chi connectivity index (χ1) is 12.6. The summed E-state index contributed by atoms with van der Waals surface area (Å²) in [4.78, 5) is 21.2. The van der Waals surface area contributed by atoms with Gasteiger partial charge in [-0.15, -0.1) is 11.3 Å². The highest BCUT2D eigenvalue weighted by Gasteiger charge is 2.04. The maximum absolute atomic E-state index is 11.5. The number of aromatic nitrogens is 1. The number of benzene rings is 1. The second kappa shape index (κ2) is 10.4. The van der Waals surface area contributed by atoms with E-state index < -0.39 is 0 Å². The zero-order valence-corrected chi connectivity index (χ0v) is 16.2. The van der Waals surface area contributed by atoms with Crippen LogP contribution in [0.5, 0.6) is 5.75 Å². The predicted octanol–water partition coefficient (Wildman–Crippen LogP) is 1.83. The number of guanidine groups is 1. The van der Waals surface area contributed by atoms with Crippen LogP contribution in [-0.4, -0.2) is 37.1 Å². The van der Waals surface area contributed by atoms with Crippen LogP contribution in [0.25, 0.3) is 0 Å². The predicted molar refractivity (Wildman–Crippen MR) is 105 cm³/mol. The van der Waals surface area contributed by atoms with Crippen LogP contribution in [0.15, 0.2) is 35.5 Å². The van der Waals surface area contributed by atoms with Gasteiger partial charge in [0, 0.05) is 31.2 Å². The molecule has 0 bridgehead atoms. The highest BCUT2D eigenvalue weighted by Crippen LogP contribution is 2.13. The minimum Gasteiger partial charge on any atom is -0.484 e. The zero-order valence-electron chi connectivity index (χ0n) is 15.3. The summed E-state index contributed by atoms with van der Waals surface area (Å²) >= 11 is 1.66. The fourth-order valence-electron chi connectivity index (χ4n) is 2.19. The van der Waals surface area contributed by atoms with Gasteiger partial charge >= 0.3 is 0 Å². The molecule has 8 heteroatoms. The average Bonchev–Trinajstić information content (AvgIpc) is 3.06. The summed E-state index contributed by atoms with van der Waals surface area (Å²) in [5, 5.41) is 10.2. The molecular weight excluding hydrogens is 350 g/mol. The van der Waals surface area contributed by atoms with E-state index in [0.717, 1.165) is 10.6 Å². The minimum atomic E-state index is -0.127. The van der Waals surface area contributed by atoms with E-state index in [1.165, 1.54) is 4.88 Å². The highest BCUT2D eigenvalue weighted by molar-refractivity contribution is 7.11. The summed E-state index contributed by atoms with van der Waals surface area (Å²) in [5.41, 5.74) is 1.03. The maximum atomic E-state index is 11.5. The maximum Gasteiger partial charge on any atom is 0.257 e. The number of amides is 1. The largest absolute Gasteiger partial charge is 0.484 e. The van der Waals surface area contributed by atoms with Crippen LogP contribution in [0.2, 0.25) is 0 Å². The molecule has 0 aliphatic carbocycles. The van der Waals surface area contributed by atoms with E-state index in [1.807, 2.05) is 44.3 Å². The number of likely N-dealkylation sites (N-methyl/N-ethyl adjacent to an activating group) is 1. The molecule has 2 aromatic rings. The highest BCUT2D eigenvalue weighted by atomic mass is 32.1. The van der Waals surface area contributed by atoms with Gasteiger partial charge in [-0.05, 0) is 31.5 Å². The van der Waals surface area contributed by atoms with Crippen LogP contribution in [0.3, 0.4) is 0 Å². The van der Waals surface area contributed by atoms with Crippen LogP contribution in [0, 0.1) is 6.92 Å². The van der Waals surface area contributed by atoms with E-state index in [2.05, 4.69) is 25.9 Å². The first kappa shape index (κ1) is 19.7. The molecule has 0 saturated heterocycles. The van der Waals surface area contributed by atoms with Crippen molar-refractivity contribution in [2.24, 2.45) is 4.99 Å². The van der Waals surface area contributed by atoms with E-state index in [4.69, 9.17) is 4.74 Å². The number of hydrogen-bond acceptors (Lipinski definition) is 5. The molecule has 3 N–H and O–H groups in total. The standard InChI is InChI=1S/C18H25N5O2S/c1-4-20-16(24)12-25-15-7-5-6-14(8-15)10-22-18(19-3)23-11-17-21-9-13(2)26-17/h5-9H,4,10-12H2,1-3H3,(H,20,24)(H2,19,22,23). The van der Waals surface area contributed by atoms with Crippen molar-refractivity contribution < 1.29 is 9.53 Å². The number of nitrogens with zero attached hydrogens (tertiary/aromatic N) is 2. The number of ether oxygens (including phenoxy) is 1. The van der Waals surface area contributed by atoms with Crippen molar-refractivity contribution in [3.05, 3.63) is 45.9 Å². The second-order valence-electron chi connectivity index (χ2n) is 5.53. The number of aliphatic imine (C=N–C) groups is 1. The lowest BCUT2D eigenvalue weighted by atomic mass is 10.2. The van der Waals surface area contributed by atoms with Crippen molar-refractivity contribution in [1.82, 2.24) is 20.9 Å². The summed E-state index contributed by atoms with van der Waals surface area (Å²) in [7, 11) is 1.73. The van der Waals surface area contributed by atoms with Gasteiger partial charge in [0.05, 0.1) is 6.54 Å². The molecule has 0 aliphatic rings. The molecule has 1 aromatic heterocycles. The van der Waals surface area contributed by atoms with Gasteiger partial charge in [-0.2, -0.15) is 0 Å². The van der Waals surface area contributed by atoms with Crippen LogP contribution < -0.4 is 20.7 Å². The van der Waals surface area contributed by atoms with Crippen molar-refractivity contribution in [3.63, 3.8) is 0 Å². The molecule has 0 spiro atoms. The molecule has 26 heavy (non-hydrogen) atoms. The van der Waals surface area contributed by atoms with E-state index >= 15 is 0 Å². The minimum absolute atomic E-state index is 0.0151. The Balaban J connectivity index is 1.81. The average molecular weight is 375 g/mol. The molecule has 1 heterocycles. The molecule has 140 valence electrons. The molecule has 0 radical (unpaired) electrons. The molecule has 1 aromatic carbocycles. The Labute approximate surface area is 157 Å². The fourth-order valence-corrected chi connectivity index (χ4v) is 2.92. The zero-order chi connectivity index (χ0) is 18.8. The Kier molecular flexibility index (Phi) is 7.88. The lowest BCUT2D eigenvalue weighted by Gasteiger charge is -2.12. The van der Waals surface area contributed by atoms with Crippen LogP contribution in [0.1, 0.15) is 22.4 Å². The first-order valence-electron chi connectivity index (χ1n) is 8.45.